The Morgan fingerprint density at radius 2 is 2.04 bits per heavy atom. The molecule has 0 radical (unpaired) electrons. The average Bonchev–Trinajstić information content (AvgIpc) is 2.98. The van der Waals surface area contributed by atoms with Crippen molar-refractivity contribution >= 4 is 28.6 Å². The van der Waals surface area contributed by atoms with Crippen LogP contribution in [0.1, 0.15) is 22.8 Å². The zero-order chi connectivity index (χ0) is 16.2. The first kappa shape index (κ1) is 15.5. The number of esters is 1. The fourth-order valence-electron chi connectivity index (χ4n) is 2.39. The number of carbonyl (C=O) groups excluding carboxylic acids is 1. The number of pyridine rings is 1. The molecule has 5 nitrogen and oxygen atoms in total. The number of aryl methyl sites for hydroxylation is 2. The Bertz CT molecular complexity index is 830. The van der Waals surface area contributed by atoms with Crippen molar-refractivity contribution in [1.29, 1.82) is 0 Å². The van der Waals surface area contributed by atoms with Crippen LogP contribution < -0.4 is 0 Å². The van der Waals surface area contributed by atoms with Crippen LogP contribution in [0.2, 0.25) is 5.02 Å². The predicted octanol–water partition coefficient (Wildman–Crippen LogP) is 3.50. The summed E-state index contributed by atoms with van der Waals surface area (Å²) in [6, 6.07) is 10.2. The molecule has 0 aliphatic rings. The molecule has 0 spiro atoms. The minimum absolute atomic E-state index is 0.267. The van der Waals surface area contributed by atoms with E-state index in [9.17, 15) is 4.79 Å². The van der Waals surface area contributed by atoms with Crippen molar-refractivity contribution in [3.63, 3.8) is 0 Å². The van der Waals surface area contributed by atoms with Gasteiger partial charge in [-0.25, -0.2) is 14.5 Å². The Morgan fingerprint density at radius 1 is 1.26 bits per heavy atom. The molecule has 2 heterocycles. The number of aromatic nitrogens is 3. The second-order valence-corrected chi connectivity index (χ2v) is 5.42. The molecule has 0 unspecified atom stereocenters. The molecule has 0 saturated carbocycles. The van der Waals surface area contributed by atoms with Crippen molar-refractivity contribution in [2.75, 3.05) is 6.61 Å². The minimum atomic E-state index is -0.469. The third-order valence-corrected chi connectivity index (χ3v) is 3.96. The van der Waals surface area contributed by atoms with Gasteiger partial charge in [0.1, 0.15) is 0 Å². The highest BCUT2D eigenvalue weighted by atomic mass is 35.5. The minimum Gasteiger partial charge on any atom is -0.462 e. The molecule has 3 aromatic rings. The van der Waals surface area contributed by atoms with Gasteiger partial charge in [-0.2, -0.15) is 5.10 Å². The molecule has 0 aliphatic heterocycles. The van der Waals surface area contributed by atoms with Crippen molar-refractivity contribution in [1.82, 2.24) is 14.8 Å². The quantitative estimate of drug-likeness (QED) is 0.672. The summed E-state index contributed by atoms with van der Waals surface area (Å²) >= 11 is 6.31. The van der Waals surface area contributed by atoms with Gasteiger partial charge < -0.3 is 4.74 Å². The molecule has 0 amide bonds. The molecule has 1 aromatic carbocycles. The van der Waals surface area contributed by atoms with Crippen molar-refractivity contribution in [3.8, 4) is 0 Å². The Balaban J connectivity index is 1.86. The summed E-state index contributed by atoms with van der Waals surface area (Å²) in [4.78, 5) is 16.2. The number of halogens is 1. The summed E-state index contributed by atoms with van der Waals surface area (Å²) in [5.74, 6) is -0.469. The van der Waals surface area contributed by atoms with Gasteiger partial charge in [-0.05, 0) is 18.9 Å². The van der Waals surface area contributed by atoms with E-state index in [4.69, 9.17) is 16.3 Å². The zero-order valence-electron chi connectivity index (χ0n) is 12.7. The first-order valence-electron chi connectivity index (χ1n) is 7.41. The molecule has 0 N–H and O–H groups in total. The number of benzene rings is 1. The molecule has 23 heavy (non-hydrogen) atoms. The Hall–Kier alpha value is -2.40. The van der Waals surface area contributed by atoms with Gasteiger partial charge >= 0.3 is 5.97 Å². The standard InChI is InChI=1S/C17H16ClN3O2/c1-2-23-17(22)14-10-19-16-13(15(14)18)11-20-21(16)9-8-12-6-4-3-5-7-12/h3-7,10-11H,2,8-9H2,1H3. The molecule has 0 atom stereocenters. The lowest BCUT2D eigenvalue weighted by Gasteiger charge is -2.06. The van der Waals surface area contributed by atoms with Gasteiger partial charge in [0.05, 0.1) is 28.8 Å². The zero-order valence-corrected chi connectivity index (χ0v) is 13.5. The van der Waals surface area contributed by atoms with Crippen LogP contribution in [0.25, 0.3) is 11.0 Å². The molecule has 118 valence electrons. The molecule has 2 aromatic heterocycles. The Morgan fingerprint density at radius 3 is 2.78 bits per heavy atom. The second kappa shape index (κ2) is 6.79. The maximum atomic E-state index is 11.9. The second-order valence-electron chi connectivity index (χ2n) is 5.05. The van der Waals surface area contributed by atoms with E-state index < -0.39 is 5.97 Å². The topological polar surface area (TPSA) is 57.0 Å². The van der Waals surface area contributed by atoms with Crippen LogP contribution in [0.4, 0.5) is 0 Å². The highest BCUT2D eigenvalue weighted by Crippen LogP contribution is 2.26. The highest BCUT2D eigenvalue weighted by molar-refractivity contribution is 6.38. The molecule has 0 bridgehead atoms. The lowest BCUT2D eigenvalue weighted by Crippen LogP contribution is -2.07. The number of hydrogen-bond acceptors (Lipinski definition) is 4. The molecular formula is C17H16ClN3O2. The van der Waals surface area contributed by atoms with Crippen LogP contribution >= 0.6 is 11.6 Å². The Kier molecular flexibility index (Phi) is 4.57. The third-order valence-electron chi connectivity index (χ3n) is 3.55. The number of carbonyl (C=O) groups is 1. The SMILES string of the molecule is CCOC(=O)c1cnc2c(cnn2CCc2ccccc2)c1Cl. The van der Waals surface area contributed by atoms with E-state index in [1.54, 1.807) is 17.8 Å². The van der Waals surface area contributed by atoms with Gasteiger partial charge in [0.2, 0.25) is 0 Å². The fraction of sp³-hybridized carbons (Fsp3) is 0.235. The average molecular weight is 330 g/mol. The van der Waals surface area contributed by atoms with Gasteiger partial charge in [0.25, 0.3) is 0 Å². The van der Waals surface area contributed by atoms with E-state index in [1.165, 1.54) is 11.8 Å². The largest absolute Gasteiger partial charge is 0.462 e. The molecule has 0 aliphatic carbocycles. The first-order valence-corrected chi connectivity index (χ1v) is 7.79. The molecular weight excluding hydrogens is 314 g/mol. The van der Waals surface area contributed by atoms with E-state index in [2.05, 4.69) is 22.2 Å². The number of ether oxygens (including phenoxy) is 1. The van der Waals surface area contributed by atoms with Crippen molar-refractivity contribution in [3.05, 3.63) is 58.9 Å². The monoisotopic (exact) mass is 329 g/mol. The van der Waals surface area contributed by atoms with Gasteiger partial charge in [-0.3, -0.25) is 0 Å². The van der Waals surface area contributed by atoms with Crippen LogP contribution in [-0.2, 0) is 17.7 Å². The van der Waals surface area contributed by atoms with E-state index in [0.717, 1.165) is 6.42 Å². The van der Waals surface area contributed by atoms with E-state index in [0.29, 0.717) is 29.2 Å². The van der Waals surface area contributed by atoms with Gasteiger partial charge in [0, 0.05) is 12.7 Å². The smallest absolute Gasteiger partial charge is 0.341 e. The predicted molar refractivity (Wildman–Crippen MR) is 88.6 cm³/mol. The summed E-state index contributed by atoms with van der Waals surface area (Å²) < 4.78 is 6.77. The van der Waals surface area contributed by atoms with Crippen molar-refractivity contribution < 1.29 is 9.53 Å². The summed E-state index contributed by atoms with van der Waals surface area (Å²) in [6.45, 7) is 2.73. The fourth-order valence-corrected chi connectivity index (χ4v) is 2.65. The number of nitrogens with zero attached hydrogens (tertiary/aromatic N) is 3. The lowest BCUT2D eigenvalue weighted by molar-refractivity contribution is 0.0526. The van der Waals surface area contributed by atoms with Crippen LogP contribution in [0, 0.1) is 0 Å². The summed E-state index contributed by atoms with van der Waals surface area (Å²) in [6.07, 6.45) is 3.93. The number of rotatable bonds is 5. The number of fused-ring (bicyclic) bond motifs is 1. The van der Waals surface area contributed by atoms with Crippen LogP contribution in [-0.4, -0.2) is 27.3 Å². The maximum Gasteiger partial charge on any atom is 0.341 e. The van der Waals surface area contributed by atoms with Crippen LogP contribution in [0.15, 0.2) is 42.7 Å². The summed E-state index contributed by atoms with van der Waals surface area (Å²) in [5, 5.41) is 5.33. The third kappa shape index (κ3) is 3.19. The molecule has 0 saturated heterocycles. The maximum absolute atomic E-state index is 11.9. The van der Waals surface area contributed by atoms with Crippen molar-refractivity contribution in [2.24, 2.45) is 0 Å². The Labute approximate surface area is 138 Å². The molecule has 0 fully saturated rings. The van der Waals surface area contributed by atoms with Crippen LogP contribution in [0.5, 0.6) is 0 Å². The lowest BCUT2D eigenvalue weighted by atomic mass is 10.1. The van der Waals surface area contributed by atoms with E-state index >= 15 is 0 Å². The van der Waals surface area contributed by atoms with Gasteiger partial charge in [-0.1, -0.05) is 41.9 Å². The van der Waals surface area contributed by atoms with Gasteiger partial charge in [-0.15, -0.1) is 0 Å². The van der Waals surface area contributed by atoms with E-state index in [1.807, 2.05) is 18.2 Å². The molecule has 6 heteroatoms. The van der Waals surface area contributed by atoms with E-state index in [-0.39, 0.29) is 5.56 Å². The number of hydrogen-bond donors (Lipinski definition) is 0. The normalized spacial score (nSPS) is 10.9. The van der Waals surface area contributed by atoms with Gasteiger partial charge in [0.15, 0.2) is 5.65 Å². The van der Waals surface area contributed by atoms with Crippen LogP contribution in [0.3, 0.4) is 0 Å². The first-order chi connectivity index (χ1) is 11.2. The molecule has 3 rings (SSSR count). The van der Waals surface area contributed by atoms with Crippen molar-refractivity contribution in [2.45, 2.75) is 19.9 Å². The highest BCUT2D eigenvalue weighted by Gasteiger charge is 2.17. The summed E-state index contributed by atoms with van der Waals surface area (Å²) in [5.41, 5.74) is 2.16. The summed E-state index contributed by atoms with van der Waals surface area (Å²) in [7, 11) is 0.